The van der Waals surface area contributed by atoms with E-state index >= 15 is 0 Å². The summed E-state index contributed by atoms with van der Waals surface area (Å²) in [4.78, 5) is 21.9. The fourth-order valence-corrected chi connectivity index (χ4v) is 4.94. The Hall–Kier alpha value is -4.82. The molecule has 5 aromatic rings. The van der Waals surface area contributed by atoms with Gasteiger partial charge in [0.15, 0.2) is 0 Å². The number of hydrogen-bond donors (Lipinski definition) is 3. The molecule has 0 bridgehead atoms. The molecule has 7 nitrogen and oxygen atoms in total. The van der Waals surface area contributed by atoms with E-state index in [1.807, 2.05) is 49.3 Å². The van der Waals surface area contributed by atoms with E-state index in [4.69, 9.17) is 0 Å². The summed E-state index contributed by atoms with van der Waals surface area (Å²) in [7, 11) is 3.70. The Bertz CT molecular complexity index is 1740. The number of carbonyl (C=O) groups is 1. The summed E-state index contributed by atoms with van der Waals surface area (Å²) in [5.74, 6) is -0.361. The normalized spacial score (nSPS) is 12.7. The molecule has 6 rings (SSSR count). The lowest BCUT2D eigenvalue weighted by Gasteiger charge is -2.18. The van der Waals surface area contributed by atoms with Gasteiger partial charge in [-0.2, -0.15) is 5.10 Å². The van der Waals surface area contributed by atoms with Crippen LogP contribution in [0.5, 0.6) is 0 Å². The van der Waals surface area contributed by atoms with Crippen molar-refractivity contribution in [1.82, 2.24) is 20.3 Å². The molecule has 0 spiro atoms. The molecule has 1 aliphatic heterocycles. The van der Waals surface area contributed by atoms with Crippen LogP contribution in [0.3, 0.4) is 0 Å². The molecule has 2 aromatic heterocycles. The summed E-state index contributed by atoms with van der Waals surface area (Å²) in [5.41, 5.74) is 12.2. The first-order chi connectivity index (χ1) is 18.9. The number of anilines is 1. The maximum atomic E-state index is 14.0. The van der Waals surface area contributed by atoms with E-state index < -0.39 is 0 Å². The lowest BCUT2D eigenvalue weighted by Crippen LogP contribution is -2.27. The van der Waals surface area contributed by atoms with Crippen LogP contribution in [0.1, 0.15) is 16.8 Å². The number of amides is 1. The van der Waals surface area contributed by atoms with Gasteiger partial charge in [-0.1, -0.05) is 36.4 Å². The lowest BCUT2D eigenvalue weighted by molar-refractivity contribution is -0.116. The Morgan fingerprint density at radius 1 is 0.949 bits per heavy atom. The van der Waals surface area contributed by atoms with Crippen LogP contribution in [0.4, 0.5) is 10.1 Å². The number of halogens is 1. The number of hydrogen-bond acceptors (Lipinski definition) is 5. The predicted molar refractivity (Wildman–Crippen MR) is 153 cm³/mol. The van der Waals surface area contributed by atoms with Gasteiger partial charge in [0.1, 0.15) is 11.5 Å². The van der Waals surface area contributed by atoms with Gasteiger partial charge in [0.2, 0.25) is 5.91 Å². The zero-order chi connectivity index (χ0) is 26.9. The van der Waals surface area contributed by atoms with Gasteiger partial charge in [0, 0.05) is 28.2 Å². The number of aromatic nitrogens is 2. The molecule has 1 amide bonds. The van der Waals surface area contributed by atoms with Crippen molar-refractivity contribution in [2.24, 2.45) is 5.10 Å². The molecule has 194 valence electrons. The van der Waals surface area contributed by atoms with Gasteiger partial charge in [-0.3, -0.25) is 9.78 Å². The Morgan fingerprint density at radius 3 is 2.67 bits per heavy atom. The number of nitrogens with one attached hydrogen (secondary N) is 3. The number of rotatable bonds is 6. The molecule has 39 heavy (non-hydrogen) atoms. The fraction of sp³-hybridized carbons (Fsp3) is 0.129. The molecule has 0 radical (unpaired) electrons. The third kappa shape index (κ3) is 5.02. The van der Waals surface area contributed by atoms with Crippen molar-refractivity contribution in [3.8, 4) is 22.3 Å². The van der Waals surface area contributed by atoms with Crippen LogP contribution in [-0.4, -0.2) is 47.1 Å². The molecular formula is C31H27FN6O. The quantitative estimate of drug-likeness (QED) is 0.281. The summed E-state index contributed by atoms with van der Waals surface area (Å²) in [6.45, 7) is 0.911. The average Bonchev–Trinajstić information content (AvgIpc) is 3.36. The van der Waals surface area contributed by atoms with Crippen LogP contribution < -0.4 is 10.7 Å². The largest absolute Gasteiger partial charge is 0.353 e. The first kappa shape index (κ1) is 24.5. The summed E-state index contributed by atoms with van der Waals surface area (Å²) < 4.78 is 14.0. The average molecular weight is 519 g/mol. The fourth-order valence-electron chi connectivity index (χ4n) is 4.94. The number of benzene rings is 3. The highest BCUT2D eigenvalue weighted by molar-refractivity contribution is 6.16. The minimum atomic E-state index is -0.265. The molecule has 8 heteroatoms. The zero-order valence-electron chi connectivity index (χ0n) is 21.6. The molecule has 3 aromatic carbocycles. The van der Waals surface area contributed by atoms with E-state index in [1.165, 1.54) is 6.07 Å². The predicted octanol–water partition coefficient (Wildman–Crippen LogP) is 5.39. The molecule has 0 saturated heterocycles. The number of fused-ring (bicyclic) bond motifs is 2. The Labute approximate surface area is 225 Å². The molecule has 0 fully saturated rings. The van der Waals surface area contributed by atoms with Gasteiger partial charge >= 0.3 is 0 Å². The van der Waals surface area contributed by atoms with Crippen LogP contribution in [-0.2, 0) is 11.3 Å². The van der Waals surface area contributed by atoms with Crippen molar-refractivity contribution in [1.29, 1.82) is 0 Å². The topological polar surface area (TPSA) is 85.4 Å². The molecule has 3 heterocycles. The zero-order valence-corrected chi connectivity index (χ0v) is 21.6. The van der Waals surface area contributed by atoms with E-state index in [2.05, 4.69) is 50.1 Å². The van der Waals surface area contributed by atoms with Gasteiger partial charge in [0.05, 0.1) is 30.7 Å². The van der Waals surface area contributed by atoms with Gasteiger partial charge in [-0.05, 0) is 72.7 Å². The lowest BCUT2D eigenvalue weighted by atomic mass is 9.94. The number of pyridine rings is 1. The van der Waals surface area contributed by atoms with E-state index in [9.17, 15) is 9.18 Å². The van der Waals surface area contributed by atoms with Crippen molar-refractivity contribution < 1.29 is 9.18 Å². The molecule has 0 aliphatic carbocycles. The second-order valence-corrected chi connectivity index (χ2v) is 9.88. The van der Waals surface area contributed by atoms with Gasteiger partial charge in [-0.25, -0.2) is 4.39 Å². The highest BCUT2D eigenvalue weighted by Gasteiger charge is 2.20. The molecule has 1 aliphatic rings. The van der Waals surface area contributed by atoms with E-state index in [1.54, 1.807) is 24.5 Å². The maximum absolute atomic E-state index is 14.0. The monoisotopic (exact) mass is 518 g/mol. The third-order valence-corrected chi connectivity index (χ3v) is 6.70. The van der Waals surface area contributed by atoms with E-state index in [0.29, 0.717) is 18.8 Å². The first-order valence-electron chi connectivity index (χ1n) is 12.7. The van der Waals surface area contributed by atoms with E-state index in [0.717, 1.165) is 55.7 Å². The number of H-pyrrole nitrogens is 1. The highest BCUT2D eigenvalue weighted by Crippen LogP contribution is 2.32. The molecule has 0 atom stereocenters. The van der Waals surface area contributed by atoms with Crippen LogP contribution >= 0.6 is 0 Å². The standard InChI is InChI=1S/C31H27FN6O/c1-38(2)18-30(39)35-24-12-22(15-33-17-24)19-9-10-21-16-34-37-31(26(21)13-19)29-14-27-25(7-4-8-28(27)36-29)20-5-3-6-23(32)11-20/h3-15,17,34,36H,16,18H2,1-2H3,(H,35,39). The van der Waals surface area contributed by atoms with Crippen LogP contribution in [0, 0.1) is 5.82 Å². The molecular weight excluding hydrogens is 491 g/mol. The summed E-state index contributed by atoms with van der Waals surface area (Å²) in [5, 5.41) is 8.58. The Balaban J connectivity index is 1.36. The minimum Gasteiger partial charge on any atom is -0.353 e. The molecule has 3 N–H and O–H groups in total. The van der Waals surface area contributed by atoms with Crippen LogP contribution in [0.25, 0.3) is 33.2 Å². The summed E-state index contributed by atoms with van der Waals surface area (Å²) in [6.07, 6.45) is 3.43. The number of likely N-dealkylation sites (N-methyl/N-ethyl adjacent to an activating group) is 1. The molecule has 0 unspecified atom stereocenters. The number of carbonyl (C=O) groups excluding carboxylic acids is 1. The first-order valence-corrected chi connectivity index (χ1v) is 12.7. The van der Waals surface area contributed by atoms with Gasteiger partial charge < -0.3 is 20.6 Å². The minimum absolute atomic E-state index is 0.0960. The second-order valence-electron chi connectivity index (χ2n) is 9.88. The smallest absolute Gasteiger partial charge is 0.238 e. The van der Waals surface area contributed by atoms with Crippen molar-refractivity contribution >= 4 is 28.2 Å². The van der Waals surface area contributed by atoms with E-state index in [-0.39, 0.29) is 11.7 Å². The summed E-state index contributed by atoms with van der Waals surface area (Å²) >= 11 is 0. The summed E-state index contributed by atoms with van der Waals surface area (Å²) in [6, 6.07) is 22.9. The van der Waals surface area contributed by atoms with Crippen LogP contribution in [0.2, 0.25) is 0 Å². The van der Waals surface area contributed by atoms with Gasteiger partial charge in [-0.15, -0.1) is 0 Å². The van der Waals surface area contributed by atoms with Crippen molar-refractivity contribution in [2.45, 2.75) is 6.54 Å². The third-order valence-electron chi connectivity index (χ3n) is 6.70. The number of hydrazone groups is 1. The molecule has 0 saturated carbocycles. The van der Waals surface area contributed by atoms with Crippen molar-refractivity contribution in [2.75, 3.05) is 26.0 Å². The number of aromatic amines is 1. The maximum Gasteiger partial charge on any atom is 0.238 e. The Kier molecular flexibility index (Phi) is 6.38. The highest BCUT2D eigenvalue weighted by atomic mass is 19.1. The van der Waals surface area contributed by atoms with Crippen molar-refractivity contribution in [3.63, 3.8) is 0 Å². The number of nitrogens with zero attached hydrogens (tertiary/aromatic N) is 3. The van der Waals surface area contributed by atoms with Gasteiger partial charge in [0.25, 0.3) is 0 Å². The van der Waals surface area contributed by atoms with Crippen LogP contribution in [0.15, 0.2) is 90.3 Å². The second kappa shape index (κ2) is 10.2. The SMILES string of the molecule is CN(C)CC(=O)Nc1cncc(-c2ccc3c(c2)C(c2cc4c(-c5cccc(F)c5)cccc4[nH]2)=NNC3)c1. The van der Waals surface area contributed by atoms with Crippen molar-refractivity contribution in [3.05, 3.63) is 108 Å². The Morgan fingerprint density at radius 2 is 1.82 bits per heavy atom.